The number of carbonyl (C=O) groups excluding carboxylic acids is 1. The first-order valence-corrected chi connectivity index (χ1v) is 12.3. The average Bonchev–Trinajstić information content (AvgIpc) is 3.15. The number of alkyl halides is 3. The second-order valence-electron chi connectivity index (χ2n) is 9.00. The van der Waals surface area contributed by atoms with E-state index in [1.807, 2.05) is 25.1 Å². The summed E-state index contributed by atoms with van der Waals surface area (Å²) in [5, 5.41) is 7.07. The summed E-state index contributed by atoms with van der Waals surface area (Å²) < 4.78 is 41.4. The molecule has 6 nitrogen and oxygen atoms in total. The lowest BCUT2D eigenvalue weighted by Gasteiger charge is -2.37. The molecule has 1 atom stereocenters. The van der Waals surface area contributed by atoms with Crippen LogP contribution >= 0.6 is 23.2 Å². The third kappa shape index (κ3) is 5.78. The third-order valence-electron chi connectivity index (χ3n) is 6.65. The molecule has 1 N–H and O–H groups in total. The second kappa shape index (κ2) is 10.7. The molecule has 4 rings (SSSR count). The Hall–Kier alpha value is -2.78. The number of piperidine rings is 1. The van der Waals surface area contributed by atoms with Crippen molar-refractivity contribution in [3.63, 3.8) is 0 Å². The van der Waals surface area contributed by atoms with Crippen molar-refractivity contribution in [1.82, 2.24) is 20.1 Å². The highest BCUT2D eigenvalue weighted by Crippen LogP contribution is 2.36. The van der Waals surface area contributed by atoms with Crippen molar-refractivity contribution >= 4 is 34.8 Å². The molecule has 0 radical (unpaired) electrons. The largest absolute Gasteiger partial charge is 0.436 e. The fraction of sp³-hybridized carbons (Fsp3) is 0.400. The SMILES string of the molecule is Cc1cc(N2CCC(C(Cn3nc(C(F)(F)F)c(Cl)c3C)NC(=O)c3ccncc3)CC2)ccc1Cl. The lowest BCUT2D eigenvalue weighted by molar-refractivity contribution is -0.141. The molecule has 1 amide bonds. The van der Waals surface area contributed by atoms with E-state index in [2.05, 4.69) is 20.3 Å². The van der Waals surface area contributed by atoms with Crippen LogP contribution in [0.25, 0.3) is 0 Å². The first-order chi connectivity index (χ1) is 17.0. The molecular formula is C25H26Cl2F3N5O. The zero-order chi connectivity index (χ0) is 26.0. The summed E-state index contributed by atoms with van der Waals surface area (Å²) in [5.41, 5.74) is 1.58. The number of aryl methyl sites for hydroxylation is 1. The number of anilines is 1. The molecule has 0 saturated carbocycles. The van der Waals surface area contributed by atoms with Crippen molar-refractivity contribution in [2.45, 2.75) is 45.5 Å². The molecule has 1 aliphatic rings. The van der Waals surface area contributed by atoms with Crippen molar-refractivity contribution in [1.29, 1.82) is 0 Å². The fourth-order valence-corrected chi connectivity index (χ4v) is 4.88. The van der Waals surface area contributed by atoms with E-state index >= 15 is 0 Å². The minimum Gasteiger partial charge on any atom is -0.372 e. The maximum Gasteiger partial charge on any atom is 0.436 e. The zero-order valence-electron chi connectivity index (χ0n) is 19.8. The van der Waals surface area contributed by atoms with Crippen LogP contribution in [0.3, 0.4) is 0 Å². The number of hydrogen-bond donors (Lipinski definition) is 1. The molecule has 36 heavy (non-hydrogen) atoms. The predicted octanol–water partition coefficient (Wildman–Crippen LogP) is 5.94. The van der Waals surface area contributed by atoms with Gasteiger partial charge >= 0.3 is 6.18 Å². The van der Waals surface area contributed by atoms with Crippen LogP contribution in [0.15, 0.2) is 42.7 Å². The van der Waals surface area contributed by atoms with Gasteiger partial charge in [-0.05, 0) is 68.5 Å². The summed E-state index contributed by atoms with van der Waals surface area (Å²) in [5.74, 6) is -0.290. The van der Waals surface area contributed by atoms with Gasteiger partial charge in [0.2, 0.25) is 0 Å². The highest BCUT2D eigenvalue weighted by Gasteiger charge is 2.39. The van der Waals surface area contributed by atoms with Gasteiger partial charge in [-0.25, -0.2) is 0 Å². The molecule has 2 aromatic heterocycles. The molecule has 1 saturated heterocycles. The standard InChI is InChI=1S/C25H26Cl2F3N5O/c1-15-13-19(3-4-20(15)26)34-11-7-17(8-12-34)21(32-24(36)18-5-9-31-10-6-18)14-35-16(2)22(27)23(33-35)25(28,29)30/h3-6,9-10,13,17,21H,7-8,11-12,14H2,1-2H3,(H,32,36). The number of hydrogen-bond acceptors (Lipinski definition) is 4. The van der Waals surface area contributed by atoms with Crippen LogP contribution < -0.4 is 10.2 Å². The van der Waals surface area contributed by atoms with Crippen LogP contribution in [-0.2, 0) is 12.7 Å². The lowest BCUT2D eigenvalue weighted by atomic mass is 9.88. The van der Waals surface area contributed by atoms with Crippen molar-refractivity contribution in [3.05, 3.63) is 75.3 Å². The summed E-state index contributed by atoms with van der Waals surface area (Å²) in [6, 6.07) is 8.63. The fourth-order valence-electron chi connectivity index (χ4n) is 4.52. The molecule has 1 aliphatic heterocycles. The van der Waals surface area contributed by atoms with Gasteiger partial charge in [-0.1, -0.05) is 23.2 Å². The number of halogens is 5. The highest BCUT2D eigenvalue weighted by atomic mass is 35.5. The van der Waals surface area contributed by atoms with Gasteiger partial charge in [-0.3, -0.25) is 14.5 Å². The quantitative estimate of drug-likeness (QED) is 0.421. The molecular weight excluding hydrogens is 514 g/mol. The van der Waals surface area contributed by atoms with E-state index in [-0.39, 0.29) is 24.1 Å². The Morgan fingerprint density at radius 3 is 2.39 bits per heavy atom. The number of aromatic nitrogens is 3. The lowest BCUT2D eigenvalue weighted by Crippen LogP contribution is -2.47. The smallest absolute Gasteiger partial charge is 0.372 e. The summed E-state index contributed by atoms with van der Waals surface area (Å²) in [6.07, 6.45) is -0.149. The van der Waals surface area contributed by atoms with Crippen LogP contribution in [0.2, 0.25) is 10.0 Å². The molecule has 0 bridgehead atoms. The second-order valence-corrected chi connectivity index (χ2v) is 9.79. The van der Waals surface area contributed by atoms with E-state index in [0.29, 0.717) is 10.6 Å². The molecule has 1 fully saturated rings. The number of pyridine rings is 1. The van der Waals surface area contributed by atoms with Gasteiger partial charge < -0.3 is 10.2 Å². The Bertz CT molecular complexity index is 1220. The number of carbonyl (C=O) groups is 1. The van der Waals surface area contributed by atoms with E-state index in [1.165, 1.54) is 24.0 Å². The van der Waals surface area contributed by atoms with Crippen molar-refractivity contribution in [3.8, 4) is 0 Å². The normalized spacial score (nSPS) is 15.7. The van der Waals surface area contributed by atoms with E-state index in [0.717, 1.165) is 37.2 Å². The summed E-state index contributed by atoms with van der Waals surface area (Å²) in [7, 11) is 0. The molecule has 1 aromatic carbocycles. The Morgan fingerprint density at radius 1 is 1.14 bits per heavy atom. The molecule has 0 spiro atoms. The first kappa shape index (κ1) is 26.3. The molecule has 3 aromatic rings. The molecule has 1 unspecified atom stereocenters. The number of rotatable bonds is 6. The molecule has 3 heterocycles. The van der Waals surface area contributed by atoms with Gasteiger partial charge in [-0.2, -0.15) is 18.3 Å². The van der Waals surface area contributed by atoms with Crippen LogP contribution in [0, 0.1) is 19.8 Å². The molecule has 192 valence electrons. The van der Waals surface area contributed by atoms with Crippen molar-refractivity contribution in [2.75, 3.05) is 18.0 Å². The molecule has 0 aliphatic carbocycles. The van der Waals surface area contributed by atoms with Gasteiger partial charge in [0.1, 0.15) is 0 Å². The monoisotopic (exact) mass is 539 g/mol. The van der Waals surface area contributed by atoms with Crippen molar-refractivity contribution in [2.24, 2.45) is 5.92 Å². The van der Waals surface area contributed by atoms with Crippen molar-refractivity contribution < 1.29 is 18.0 Å². The van der Waals surface area contributed by atoms with Gasteiger partial charge in [0.15, 0.2) is 5.69 Å². The number of nitrogens with zero attached hydrogens (tertiary/aromatic N) is 4. The van der Waals surface area contributed by atoms with Gasteiger partial charge in [0.05, 0.1) is 23.3 Å². The maximum absolute atomic E-state index is 13.4. The van der Waals surface area contributed by atoms with Crippen LogP contribution in [0.1, 0.15) is 40.2 Å². The highest BCUT2D eigenvalue weighted by molar-refractivity contribution is 6.32. The first-order valence-electron chi connectivity index (χ1n) is 11.6. The Balaban J connectivity index is 1.55. The maximum atomic E-state index is 13.4. The van der Waals surface area contributed by atoms with E-state index in [1.54, 1.807) is 12.1 Å². The van der Waals surface area contributed by atoms with Gasteiger partial charge in [0, 0.05) is 41.8 Å². The van der Waals surface area contributed by atoms with Crippen LogP contribution in [-0.4, -0.2) is 39.8 Å². The minimum absolute atomic E-state index is 0.0251. The minimum atomic E-state index is -4.66. The number of benzene rings is 1. The van der Waals surface area contributed by atoms with Gasteiger partial charge in [0.25, 0.3) is 5.91 Å². The third-order valence-corrected chi connectivity index (χ3v) is 7.52. The predicted molar refractivity (Wildman–Crippen MR) is 134 cm³/mol. The Labute approximate surface area is 217 Å². The van der Waals surface area contributed by atoms with E-state index in [9.17, 15) is 18.0 Å². The number of nitrogens with one attached hydrogen (secondary N) is 1. The summed E-state index contributed by atoms with van der Waals surface area (Å²) >= 11 is 12.1. The zero-order valence-corrected chi connectivity index (χ0v) is 21.3. The van der Waals surface area contributed by atoms with E-state index < -0.39 is 22.9 Å². The Morgan fingerprint density at radius 2 is 1.81 bits per heavy atom. The van der Waals surface area contributed by atoms with E-state index in [4.69, 9.17) is 23.2 Å². The molecule has 11 heteroatoms. The summed E-state index contributed by atoms with van der Waals surface area (Å²) in [6.45, 7) is 5.00. The van der Waals surface area contributed by atoms with Crippen LogP contribution in [0.4, 0.5) is 18.9 Å². The summed E-state index contributed by atoms with van der Waals surface area (Å²) in [4.78, 5) is 19.1. The average molecular weight is 540 g/mol. The van der Waals surface area contributed by atoms with Gasteiger partial charge in [-0.15, -0.1) is 0 Å². The Kier molecular flexibility index (Phi) is 7.80. The topological polar surface area (TPSA) is 63.1 Å². The number of amides is 1. The van der Waals surface area contributed by atoms with Crippen LogP contribution in [0.5, 0.6) is 0 Å².